The lowest BCUT2D eigenvalue weighted by atomic mass is 10.2. The maximum Gasteiger partial charge on any atom is 0.222 e. The van der Waals surface area contributed by atoms with Crippen LogP contribution in [-0.4, -0.2) is 14.8 Å². The average molecular weight is 229 g/mol. The molecule has 0 aliphatic rings. The van der Waals surface area contributed by atoms with Gasteiger partial charge in [0.25, 0.3) is 0 Å². The zero-order valence-electron chi connectivity index (χ0n) is 9.21. The first-order chi connectivity index (χ1) is 8.15. The van der Waals surface area contributed by atoms with E-state index >= 15 is 0 Å². The normalized spacial score (nSPS) is 11.1. The minimum absolute atomic E-state index is 0.241. The van der Waals surface area contributed by atoms with Crippen LogP contribution in [0.25, 0.3) is 22.3 Å². The van der Waals surface area contributed by atoms with Crippen molar-refractivity contribution in [1.29, 1.82) is 0 Å². The number of nitrogens with two attached hydrogens (primary N) is 1. The summed E-state index contributed by atoms with van der Waals surface area (Å²) < 4.78 is 6.80. The van der Waals surface area contributed by atoms with Crippen LogP contribution in [0.5, 0.6) is 5.75 Å². The molecule has 0 unspecified atom stereocenters. The number of anilines is 1. The Balaban J connectivity index is 2.27. The number of hydrogen-bond donors (Lipinski definition) is 2. The van der Waals surface area contributed by atoms with Crippen LogP contribution in [-0.2, 0) is 7.05 Å². The zero-order valence-corrected chi connectivity index (χ0v) is 9.21. The standard InChI is InChI=1S/C12H11N3O2/c1-15-10-5-8(16)3-2-7(10)4-11(15)9-6-12(13)17-14-9/h2-6,16H,13H2,1H3. The number of aromatic nitrogens is 2. The first-order valence-corrected chi connectivity index (χ1v) is 5.16. The highest BCUT2D eigenvalue weighted by molar-refractivity contribution is 5.87. The van der Waals surface area contributed by atoms with E-state index in [2.05, 4.69) is 5.16 Å². The van der Waals surface area contributed by atoms with Crippen molar-refractivity contribution in [3.63, 3.8) is 0 Å². The number of nitrogen functional groups attached to an aromatic ring is 1. The van der Waals surface area contributed by atoms with Gasteiger partial charge in [0.2, 0.25) is 5.88 Å². The molecule has 0 aliphatic heterocycles. The van der Waals surface area contributed by atoms with E-state index in [9.17, 15) is 5.11 Å². The van der Waals surface area contributed by atoms with Crippen LogP contribution >= 0.6 is 0 Å². The lowest BCUT2D eigenvalue weighted by molar-refractivity contribution is 0.439. The van der Waals surface area contributed by atoms with Crippen molar-refractivity contribution in [3.8, 4) is 17.1 Å². The van der Waals surface area contributed by atoms with E-state index in [4.69, 9.17) is 10.3 Å². The average Bonchev–Trinajstić information content (AvgIpc) is 2.84. The van der Waals surface area contributed by atoms with Crippen LogP contribution in [0.1, 0.15) is 0 Å². The van der Waals surface area contributed by atoms with Crippen LogP contribution in [0.3, 0.4) is 0 Å². The predicted octanol–water partition coefficient (Wildman–Crippen LogP) is 2.12. The summed E-state index contributed by atoms with van der Waals surface area (Å²) >= 11 is 0. The van der Waals surface area contributed by atoms with E-state index in [1.54, 1.807) is 18.2 Å². The molecule has 3 rings (SSSR count). The molecule has 0 aliphatic carbocycles. The minimum atomic E-state index is 0.241. The fourth-order valence-corrected chi connectivity index (χ4v) is 1.97. The summed E-state index contributed by atoms with van der Waals surface area (Å²) in [5.74, 6) is 0.526. The van der Waals surface area contributed by atoms with Crippen LogP contribution in [0.2, 0.25) is 0 Å². The van der Waals surface area contributed by atoms with Crippen LogP contribution in [0, 0.1) is 0 Å². The molecular formula is C12H11N3O2. The van der Waals surface area contributed by atoms with Crippen molar-refractivity contribution in [2.45, 2.75) is 0 Å². The molecule has 0 bridgehead atoms. The highest BCUT2D eigenvalue weighted by Crippen LogP contribution is 2.29. The molecule has 3 N–H and O–H groups in total. The van der Waals surface area contributed by atoms with Gasteiger partial charge in [0, 0.05) is 24.6 Å². The number of benzene rings is 1. The lowest BCUT2D eigenvalue weighted by Gasteiger charge is -2.00. The van der Waals surface area contributed by atoms with Gasteiger partial charge in [-0.15, -0.1) is 0 Å². The highest BCUT2D eigenvalue weighted by Gasteiger charge is 2.11. The summed E-state index contributed by atoms with van der Waals surface area (Å²) in [6, 6.07) is 8.88. The number of hydrogen-bond acceptors (Lipinski definition) is 4. The zero-order chi connectivity index (χ0) is 12.0. The third kappa shape index (κ3) is 1.44. The Kier molecular flexibility index (Phi) is 1.89. The number of aromatic hydroxyl groups is 1. The summed E-state index contributed by atoms with van der Waals surface area (Å²) in [6.45, 7) is 0. The van der Waals surface area contributed by atoms with Crippen molar-refractivity contribution in [3.05, 3.63) is 30.3 Å². The van der Waals surface area contributed by atoms with Crippen LogP contribution < -0.4 is 5.73 Å². The molecule has 0 spiro atoms. The van der Waals surface area contributed by atoms with Crippen molar-refractivity contribution < 1.29 is 9.63 Å². The molecule has 5 heteroatoms. The lowest BCUT2D eigenvalue weighted by Crippen LogP contribution is -1.90. The quantitative estimate of drug-likeness (QED) is 0.670. The molecule has 17 heavy (non-hydrogen) atoms. The van der Waals surface area contributed by atoms with E-state index in [1.165, 1.54) is 0 Å². The highest BCUT2D eigenvalue weighted by atomic mass is 16.5. The molecule has 2 aromatic heterocycles. The number of aryl methyl sites for hydroxylation is 1. The van der Waals surface area contributed by atoms with Crippen LogP contribution in [0.15, 0.2) is 34.9 Å². The Labute approximate surface area is 97.1 Å². The first-order valence-electron chi connectivity index (χ1n) is 5.16. The molecule has 1 aromatic carbocycles. The number of phenolic OH excluding ortho intramolecular Hbond substituents is 1. The third-order valence-corrected chi connectivity index (χ3v) is 2.82. The van der Waals surface area contributed by atoms with Gasteiger partial charge in [-0.05, 0) is 18.2 Å². The molecule has 5 nitrogen and oxygen atoms in total. The number of nitrogens with zero attached hydrogens (tertiary/aromatic N) is 2. The van der Waals surface area contributed by atoms with Crippen molar-refractivity contribution in [2.75, 3.05) is 5.73 Å². The fourth-order valence-electron chi connectivity index (χ4n) is 1.97. The van der Waals surface area contributed by atoms with Gasteiger partial charge < -0.3 is 19.9 Å². The van der Waals surface area contributed by atoms with Crippen molar-refractivity contribution in [2.24, 2.45) is 7.05 Å². The number of fused-ring (bicyclic) bond motifs is 1. The third-order valence-electron chi connectivity index (χ3n) is 2.82. The van der Waals surface area contributed by atoms with Crippen LogP contribution in [0.4, 0.5) is 5.88 Å². The molecule has 2 heterocycles. The molecule has 3 aromatic rings. The summed E-state index contributed by atoms with van der Waals surface area (Å²) in [4.78, 5) is 0. The van der Waals surface area contributed by atoms with Crippen molar-refractivity contribution >= 4 is 16.8 Å². The Hall–Kier alpha value is -2.43. The maximum atomic E-state index is 9.47. The minimum Gasteiger partial charge on any atom is -0.508 e. The monoisotopic (exact) mass is 229 g/mol. The van der Waals surface area contributed by atoms with Gasteiger partial charge in [0.1, 0.15) is 11.4 Å². The van der Waals surface area contributed by atoms with E-state index in [1.807, 2.05) is 23.7 Å². The molecule has 86 valence electrons. The molecule has 0 saturated heterocycles. The Morgan fingerprint density at radius 2 is 2.12 bits per heavy atom. The van der Waals surface area contributed by atoms with E-state index in [-0.39, 0.29) is 11.6 Å². The number of phenols is 1. The first kappa shape index (κ1) is 9.77. The fraction of sp³-hybridized carbons (Fsp3) is 0.0833. The second-order valence-corrected chi connectivity index (χ2v) is 3.95. The summed E-state index contributed by atoms with van der Waals surface area (Å²) in [7, 11) is 1.90. The predicted molar refractivity (Wildman–Crippen MR) is 64.5 cm³/mol. The van der Waals surface area contributed by atoms with E-state index in [0.717, 1.165) is 16.6 Å². The van der Waals surface area contributed by atoms with Gasteiger partial charge in [-0.25, -0.2) is 0 Å². The van der Waals surface area contributed by atoms with Crippen molar-refractivity contribution in [1.82, 2.24) is 9.72 Å². The van der Waals surface area contributed by atoms with E-state index < -0.39 is 0 Å². The van der Waals surface area contributed by atoms with Gasteiger partial charge in [-0.2, -0.15) is 0 Å². The van der Waals surface area contributed by atoms with Gasteiger partial charge in [-0.1, -0.05) is 5.16 Å². The van der Waals surface area contributed by atoms with Gasteiger partial charge >= 0.3 is 0 Å². The topological polar surface area (TPSA) is 77.2 Å². The SMILES string of the molecule is Cn1c(-c2cc(N)on2)cc2ccc(O)cc21. The second kappa shape index (κ2) is 3.28. The Morgan fingerprint density at radius 3 is 2.82 bits per heavy atom. The Morgan fingerprint density at radius 1 is 1.29 bits per heavy atom. The molecule has 0 radical (unpaired) electrons. The maximum absolute atomic E-state index is 9.47. The number of rotatable bonds is 1. The van der Waals surface area contributed by atoms with Gasteiger partial charge in [0.05, 0.1) is 11.2 Å². The van der Waals surface area contributed by atoms with E-state index in [0.29, 0.717) is 5.69 Å². The molecule has 0 atom stereocenters. The second-order valence-electron chi connectivity index (χ2n) is 3.95. The largest absolute Gasteiger partial charge is 0.508 e. The van der Waals surface area contributed by atoms with Gasteiger partial charge in [-0.3, -0.25) is 0 Å². The molecular weight excluding hydrogens is 218 g/mol. The molecule has 0 amide bonds. The van der Waals surface area contributed by atoms with Gasteiger partial charge in [0.15, 0.2) is 0 Å². The summed E-state index contributed by atoms with van der Waals surface area (Å²) in [6.07, 6.45) is 0. The Bertz CT molecular complexity index is 697. The summed E-state index contributed by atoms with van der Waals surface area (Å²) in [5, 5.41) is 14.4. The summed E-state index contributed by atoms with van der Waals surface area (Å²) in [5.41, 5.74) is 8.01. The smallest absolute Gasteiger partial charge is 0.222 e. The molecule has 0 fully saturated rings. The molecule has 0 saturated carbocycles.